The van der Waals surface area contributed by atoms with Gasteiger partial charge in [0.05, 0.1) is 11.5 Å². The maximum Gasteiger partial charge on any atom is 0.296 e. The van der Waals surface area contributed by atoms with Crippen LogP contribution >= 0.6 is 0 Å². The zero-order valence-electron chi connectivity index (χ0n) is 17.3. The SMILES string of the molecule is CCN1CC(COS(=O)(=O)c2ccc(C)cc2)C(C2=CC=CC(C)(C)C=C2)C1. The molecule has 0 N–H and O–H groups in total. The largest absolute Gasteiger partial charge is 0.303 e. The van der Waals surface area contributed by atoms with E-state index in [4.69, 9.17) is 4.18 Å². The van der Waals surface area contributed by atoms with Crippen molar-refractivity contribution in [3.05, 3.63) is 65.8 Å². The lowest BCUT2D eigenvalue weighted by Gasteiger charge is -2.20. The van der Waals surface area contributed by atoms with Crippen molar-refractivity contribution < 1.29 is 12.6 Å². The lowest BCUT2D eigenvalue weighted by atomic mass is 9.87. The number of allylic oxidation sites excluding steroid dienone is 5. The summed E-state index contributed by atoms with van der Waals surface area (Å²) in [6, 6.07) is 6.81. The molecule has 1 heterocycles. The monoisotopic (exact) mass is 401 g/mol. The van der Waals surface area contributed by atoms with Crippen molar-refractivity contribution in [1.29, 1.82) is 0 Å². The number of benzene rings is 1. The molecule has 4 nitrogen and oxygen atoms in total. The average molecular weight is 402 g/mol. The molecule has 1 aromatic carbocycles. The molecule has 5 heteroatoms. The first-order valence-electron chi connectivity index (χ1n) is 9.97. The fourth-order valence-corrected chi connectivity index (χ4v) is 4.75. The van der Waals surface area contributed by atoms with Crippen LogP contribution in [0.25, 0.3) is 0 Å². The van der Waals surface area contributed by atoms with E-state index < -0.39 is 10.1 Å². The molecular weight excluding hydrogens is 370 g/mol. The number of aryl methyl sites for hydroxylation is 1. The van der Waals surface area contributed by atoms with Gasteiger partial charge in [0.15, 0.2) is 0 Å². The zero-order valence-corrected chi connectivity index (χ0v) is 18.1. The summed E-state index contributed by atoms with van der Waals surface area (Å²) in [6.45, 7) is 11.4. The summed E-state index contributed by atoms with van der Waals surface area (Å²) in [5.41, 5.74) is 2.30. The lowest BCUT2D eigenvalue weighted by molar-refractivity contribution is 0.235. The topological polar surface area (TPSA) is 46.6 Å². The van der Waals surface area contributed by atoms with Gasteiger partial charge in [-0.1, -0.05) is 68.8 Å². The second kappa shape index (κ2) is 8.36. The van der Waals surface area contributed by atoms with Crippen LogP contribution in [0, 0.1) is 24.2 Å². The molecule has 0 spiro atoms. The number of likely N-dealkylation sites (tertiary alicyclic amines) is 1. The van der Waals surface area contributed by atoms with Crippen molar-refractivity contribution in [3.8, 4) is 0 Å². The number of rotatable bonds is 6. The van der Waals surface area contributed by atoms with Crippen molar-refractivity contribution >= 4 is 10.1 Å². The summed E-state index contributed by atoms with van der Waals surface area (Å²) in [4.78, 5) is 2.59. The maximum absolute atomic E-state index is 12.6. The molecule has 3 rings (SSSR count). The summed E-state index contributed by atoms with van der Waals surface area (Å²) in [5.74, 6) is 0.411. The van der Waals surface area contributed by atoms with E-state index in [0.29, 0.717) is 0 Å². The van der Waals surface area contributed by atoms with Gasteiger partial charge in [0.25, 0.3) is 10.1 Å². The fraction of sp³-hybridized carbons (Fsp3) is 0.478. The summed E-state index contributed by atoms with van der Waals surface area (Å²) < 4.78 is 30.7. The highest BCUT2D eigenvalue weighted by Crippen LogP contribution is 2.34. The van der Waals surface area contributed by atoms with Gasteiger partial charge in [-0.25, -0.2) is 0 Å². The van der Waals surface area contributed by atoms with E-state index in [9.17, 15) is 8.42 Å². The zero-order chi connectivity index (χ0) is 20.4. The predicted octanol–water partition coefficient (Wildman–Crippen LogP) is 4.35. The molecule has 1 fully saturated rings. The Balaban J connectivity index is 1.75. The van der Waals surface area contributed by atoms with Crippen LogP contribution in [0.2, 0.25) is 0 Å². The first kappa shape index (κ1) is 21.0. The van der Waals surface area contributed by atoms with E-state index in [0.717, 1.165) is 25.2 Å². The Bertz CT molecular complexity index is 879. The summed E-state index contributed by atoms with van der Waals surface area (Å²) in [6.07, 6.45) is 10.9. The Morgan fingerprint density at radius 1 is 1.14 bits per heavy atom. The highest BCUT2D eigenvalue weighted by Gasteiger charge is 2.35. The van der Waals surface area contributed by atoms with Gasteiger partial charge in [-0.05, 0) is 31.2 Å². The molecule has 0 saturated carbocycles. The van der Waals surface area contributed by atoms with E-state index in [-0.39, 0.29) is 28.8 Å². The third kappa shape index (κ3) is 5.02. The van der Waals surface area contributed by atoms with Gasteiger partial charge in [-0.15, -0.1) is 0 Å². The summed E-state index contributed by atoms with van der Waals surface area (Å²) in [7, 11) is -3.74. The van der Waals surface area contributed by atoms with Crippen molar-refractivity contribution in [1.82, 2.24) is 4.90 Å². The Hall–Kier alpha value is -1.69. The summed E-state index contributed by atoms with van der Waals surface area (Å²) >= 11 is 0. The normalized spacial score (nSPS) is 24.9. The number of hydrogen-bond donors (Lipinski definition) is 0. The smallest absolute Gasteiger partial charge is 0.296 e. The Morgan fingerprint density at radius 3 is 2.54 bits per heavy atom. The average Bonchev–Trinajstić information content (AvgIpc) is 2.97. The van der Waals surface area contributed by atoms with Crippen LogP contribution in [0.15, 0.2) is 65.1 Å². The molecule has 0 aromatic heterocycles. The van der Waals surface area contributed by atoms with Crippen molar-refractivity contribution in [2.75, 3.05) is 26.2 Å². The minimum atomic E-state index is -3.74. The molecule has 0 bridgehead atoms. The highest BCUT2D eigenvalue weighted by atomic mass is 32.2. The molecule has 0 amide bonds. The minimum absolute atomic E-state index is 0.0298. The molecule has 2 atom stereocenters. The standard InChI is InChI=1S/C23H31NO3S/c1-5-24-15-20(17-27-28(25,26)21-10-8-18(2)9-11-21)22(16-24)19-7-6-13-23(3,4)14-12-19/h6-14,20,22H,5,15-17H2,1-4H3. The van der Waals surface area contributed by atoms with Gasteiger partial charge in [-0.2, -0.15) is 8.42 Å². The fourth-order valence-electron chi connectivity index (χ4n) is 3.79. The molecule has 1 saturated heterocycles. The molecule has 1 aliphatic carbocycles. The van der Waals surface area contributed by atoms with E-state index >= 15 is 0 Å². The second-order valence-corrected chi connectivity index (χ2v) is 10.1. The molecule has 152 valence electrons. The minimum Gasteiger partial charge on any atom is -0.303 e. The van der Waals surface area contributed by atoms with Crippen LogP contribution < -0.4 is 0 Å². The van der Waals surface area contributed by atoms with Gasteiger partial charge in [-0.3, -0.25) is 4.18 Å². The van der Waals surface area contributed by atoms with E-state index in [1.54, 1.807) is 24.3 Å². The van der Waals surface area contributed by atoms with Gasteiger partial charge >= 0.3 is 0 Å². The Kier molecular flexibility index (Phi) is 6.28. The van der Waals surface area contributed by atoms with E-state index in [1.807, 2.05) is 6.92 Å². The first-order chi connectivity index (χ1) is 13.2. The third-order valence-electron chi connectivity index (χ3n) is 5.66. The molecule has 0 radical (unpaired) electrons. The molecule has 1 aliphatic heterocycles. The number of hydrogen-bond acceptors (Lipinski definition) is 4. The Morgan fingerprint density at radius 2 is 1.86 bits per heavy atom. The van der Waals surface area contributed by atoms with Gasteiger partial charge in [0.1, 0.15) is 0 Å². The van der Waals surface area contributed by atoms with Crippen LogP contribution in [0.3, 0.4) is 0 Å². The summed E-state index contributed by atoms with van der Waals surface area (Å²) in [5, 5.41) is 0. The van der Waals surface area contributed by atoms with Gasteiger partial charge in [0, 0.05) is 30.3 Å². The van der Waals surface area contributed by atoms with Gasteiger partial charge < -0.3 is 4.90 Å². The van der Waals surface area contributed by atoms with E-state index in [2.05, 4.69) is 56.1 Å². The lowest BCUT2D eigenvalue weighted by Crippen LogP contribution is -2.23. The maximum atomic E-state index is 12.6. The first-order valence-corrected chi connectivity index (χ1v) is 11.4. The van der Waals surface area contributed by atoms with Crippen molar-refractivity contribution in [2.45, 2.75) is 32.6 Å². The molecule has 2 aliphatic rings. The second-order valence-electron chi connectivity index (χ2n) is 8.45. The van der Waals surface area contributed by atoms with Gasteiger partial charge in [0.2, 0.25) is 0 Å². The molecule has 2 unspecified atom stereocenters. The van der Waals surface area contributed by atoms with Crippen LogP contribution in [0.4, 0.5) is 0 Å². The Labute approximate surface area is 169 Å². The highest BCUT2D eigenvalue weighted by molar-refractivity contribution is 7.86. The van der Waals surface area contributed by atoms with Crippen molar-refractivity contribution in [2.24, 2.45) is 17.3 Å². The predicted molar refractivity (Wildman–Crippen MR) is 114 cm³/mol. The van der Waals surface area contributed by atoms with E-state index in [1.165, 1.54) is 5.57 Å². The van der Waals surface area contributed by atoms with Crippen LogP contribution in [-0.4, -0.2) is 39.6 Å². The quantitative estimate of drug-likeness (QED) is 0.665. The van der Waals surface area contributed by atoms with Crippen LogP contribution in [0.5, 0.6) is 0 Å². The molecular formula is C23H31NO3S. The van der Waals surface area contributed by atoms with Crippen molar-refractivity contribution in [3.63, 3.8) is 0 Å². The molecule has 1 aromatic rings. The molecule has 28 heavy (non-hydrogen) atoms. The third-order valence-corrected chi connectivity index (χ3v) is 6.95. The number of nitrogens with zero attached hydrogens (tertiary/aromatic N) is 1. The van der Waals surface area contributed by atoms with Crippen LogP contribution in [-0.2, 0) is 14.3 Å². The van der Waals surface area contributed by atoms with Crippen LogP contribution in [0.1, 0.15) is 26.3 Å².